The maximum Gasteiger partial charge on any atom is 0.221 e. The highest BCUT2D eigenvalue weighted by molar-refractivity contribution is 5.79. The first-order valence-electron chi connectivity index (χ1n) is 7.59. The molecule has 118 valence electrons. The van der Waals surface area contributed by atoms with Crippen molar-refractivity contribution < 1.29 is 9.59 Å². The highest BCUT2D eigenvalue weighted by Gasteiger charge is 2.15. The number of benzene rings is 1. The molecule has 0 aliphatic rings. The first-order valence-corrected chi connectivity index (χ1v) is 7.59. The van der Waals surface area contributed by atoms with E-state index >= 15 is 0 Å². The van der Waals surface area contributed by atoms with E-state index in [1.807, 2.05) is 38.1 Å². The van der Waals surface area contributed by atoms with Crippen molar-refractivity contribution in [3.05, 3.63) is 35.4 Å². The van der Waals surface area contributed by atoms with Crippen molar-refractivity contribution >= 4 is 11.8 Å². The fourth-order valence-electron chi connectivity index (χ4n) is 2.09. The molecule has 5 heteroatoms. The third-order valence-electron chi connectivity index (χ3n) is 3.31. The Morgan fingerprint density at radius 3 is 2.55 bits per heavy atom. The molecule has 0 aliphatic heterocycles. The lowest BCUT2D eigenvalue weighted by Crippen LogP contribution is -2.28. The summed E-state index contributed by atoms with van der Waals surface area (Å²) in [6, 6.07) is 8.93. The van der Waals surface area contributed by atoms with Gasteiger partial charge >= 0.3 is 0 Å². The van der Waals surface area contributed by atoms with Crippen molar-refractivity contribution in [1.82, 2.24) is 10.6 Å². The van der Waals surface area contributed by atoms with Crippen LogP contribution in [-0.4, -0.2) is 18.4 Å². The third-order valence-corrected chi connectivity index (χ3v) is 3.31. The van der Waals surface area contributed by atoms with Crippen molar-refractivity contribution in [3.8, 4) is 6.07 Å². The Labute approximate surface area is 131 Å². The SMILES string of the molecule is CCCNC(=O)CCCC(=O)NC(C#N)c1ccccc1C. The van der Waals surface area contributed by atoms with Gasteiger partial charge in [-0.2, -0.15) is 5.26 Å². The zero-order valence-electron chi connectivity index (χ0n) is 13.2. The summed E-state index contributed by atoms with van der Waals surface area (Å²) in [6.07, 6.45) is 1.94. The summed E-state index contributed by atoms with van der Waals surface area (Å²) in [5, 5.41) is 14.7. The standard InChI is InChI=1S/C17H23N3O2/c1-3-11-19-16(21)9-6-10-17(22)20-15(12-18)14-8-5-4-7-13(14)2/h4-5,7-8,15H,3,6,9-11H2,1-2H3,(H,19,21)(H,20,22). The fraction of sp³-hybridized carbons (Fsp3) is 0.471. The van der Waals surface area contributed by atoms with E-state index in [0.717, 1.165) is 17.5 Å². The molecule has 0 bridgehead atoms. The molecular weight excluding hydrogens is 278 g/mol. The van der Waals surface area contributed by atoms with Gasteiger partial charge in [0.05, 0.1) is 6.07 Å². The molecular formula is C17H23N3O2. The second-order valence-electron chi connectivity index (χ2n) is 5.19. The second-order valence-corrected chi connectivity index (χ2v) is 5.19. The summed E-state index contributed by atoms with van der Waals surface area (Å²) in [7, 11) is 0. The number of nitriles is 1. The number of rotatable bonds is 8. The van der Waals surface area contributed by atoms with E-state index in [1.54, 1.807) is 0 Å². The van der Waals surface area contributed by atoms with Gasteiger partial charge in [0.2, 0.25) is 11.8 Å². The molecule has 0 spiro atoms. The monoisotopic (exact) mass is 301 g/mol. The van der Waals surface area contributed by atoms with Gasteiger partial charge < -0.3 is 10.6 Å². The summed E-state index contributed by atoms with van der Waals surface area (Å²) < 4.78 is 0. The van der Waals surface area contributed by atoms with Crippen LogP contribution >= 0.6 is 0 Å². The first kappa shape index (κ1) is 17.7. The number of carbonyl (C=O) groups is 2. The Hall–Kier alpha value is -2.35. The van der Waals surface area contributed by atoms with Crippen molar-refractivity contribution in [2.24, 2.45) is 0 Å². The number of amides is 2. The van der Waals surface area contributed by atoms with Gasteiger partial charge in [-0.25, -0.2) is 0 Å². The maximum atomic E-state index is 11.9. The zero-order chi connectivity index (χ0) is 16.4. The topological polar surface area (TPSA) is 82.0 Å². The summed E-state index contributed by atoms with van der Waals surface area (Å²) in [6.45, 7) is 4.56. The van der Waals surface area contributed by atoms with Crippen LogP contribution in [0.2, 0.25) is 0 Å². The van der Waals surface area contributed by atoms with Crippen molar-refractivity contribution in [2.75, 3.05) is 6.54 Å². The molecule has 1 aromatic rings. The lowest BCUT2D eigenvalue weighted by atomic mass is 10.0. The largest absolute Gasteiger partial charge is 0.356 e. The van der Waals surface area contributed by atoms with Crippen LogP contribution in [0.3, 0.4) is 0 Å². The smallest absolute Gasteiger partial charge is 0.221 e. The van der Waals surface area contributed by atoms with Crippen LogP contribution in [0.25, 0.3) is 0 Å². The number of hydrogen-bond acceptors (Lipinski definition) is 3. The summed E-state index contributed by atoms with van der Waals surface area (Å²) in [4.78, 5) is 23.3. The summed E-state index contributed by atoms with van der Waals surface area (Å²) in [5.41, 5.74) is 1.77. The molecule has 1 rings (SSSR count). The van der Waals surface area contributed by atoms with E-state index in [2.05, 4.69) is 16.7 Å². The molecule has 22 heavy (non-hydrogen) atoms. The predicted octanol–water partition coefficient (Wildman–Crippen LogP) is 2.37. The molecule has 0 aliphatic carbocycles. The van der Waals surface area contributed by atoms with Gasteiger partial charge in [-0.3, -0.25) is 9.59 Å². The highest BCUT2D eigenvalue weighted by Crippen LogP contribution is 2.16. The number of nitrogens with zero attached hydrogens (tertiary/aromatic N) is 1. The van der Waals surface area contributed by atoms with Crippen LogP contribution in [0.1, 0.15) is 49.8 Å². The Balaban J connectivity index is 2.42. The molecule has 0 saturated heterocycles. The van der Waals surface area contributed by atoms with Crippen LogP contribution < -0.4 is 10.6 Å². The lowest BCUT2D eigenvalue weighted by molar-refractivity contribution is -0.122. The molecule has 0 aromatic heterocycles. The lowest BCUT2D eigenvalue weighted by Gasteiger charge is -2.14. The van der Waals surface area contributed by atoms with E-state index in [-0.39, 0.29) is 18.2 Å². The van der Waals surface area contributed by atoms with Crippen LogP contribution in [0.15, 0.2) is 24.3 Å². The molecule has 0 radical (unpaired) electrons. The van der Waals surface area contributed by atoms with Crippen molar-refractivity contribution in [3.63, 3.8) is 0 Å². The van der Waals surface area contributed by atoms with Crippen LogP contribution in [0.5, 0.6) is 0 Å². The molecule has 1 unspecified atom stereocenters. The number of hydrogen-bond donors (Lipinski definition) is 2. The first-order chi connectivity index (χ1) is 10.6. The Kier molecular flexibility index (Phi) is 7.69. The van der Waals surface area contributed by atoms with Crippen LogP contribution in [0, 0.1) is 18.3 Å². The Morgan fingerprint density at radius 2 is 1.91 bits per heavy atom. The minimum absolute atomic E-state index is 0.0367. The molecule has 1 aromatic carbocycles. The van der Waals surface area contributed by atoms with Gasteiger partial charge in [0, 0.05) is 19.4 Å². The van der Waals surface area contributed by atoms with E-state index in [9.17, 15) is 14.9 Å². The Morgan fingerprint density at radius 1 is 1.23 bits per heavy atom. The van der Waals surface area contributed by atoms with E-state index in [4.69, 9.17) is 0 Å². The number of carbonyl (C=O) groups excluding carboxylic acids is 2. The normalized spacial score (nSPS) is 11.3. The molecule has 2 N–H and O–H groups in total. The maximum absolute atomic E-state index is 11.9. The van der Waals surface area contributed by atoms with E-state index < -0.39 is 6.04 Å². The van der Waals surface area contributed by atoms with Gasteiger partial charge in [0.25, 0.3) is 0 Å². The minimum atomic E-state index is -0.650. The van der Waals surface area contributed by atoms with Gasteiger partial charge in [0.1, 0.15) is 6.04 Å². The molecule has 0 fully saturated rings. The average Bonchev–Trinajstić information content (AvgIpc) is 2.51. The quantitative estimate of drug-likeness (QED) is 0.773. The van der Waals surface area contributed by atoms with E-state index in [0.29, 0.717) is 19.4 Å². The van der Waals surface area contributed by atoms with Gasteiger partial charge in [-0.15, -0.1) is 0 Å². The van der Waals surface area contributed by atoms with Gasteiger partial charge in [-0.1, -0.05) is 31.2 Å². The molecule has 0 heterocycles. The van der Waals surface area contributed by atoms with Crippen LogP contribution in [0.4, 0.5) is 0 Å². The third kappa shape index (κ3) is 5.96. The Bertz CT molecular complexity index is 549. The number of nitrogens with one attached hydrogen (secondary N) is 2. The molecule has 0 saturated carbocycles. The molecule has 2 amide bonds. The second kappa shape index (κ2) is 9.56. The number of aryl methyl sites for hydroxylation is 1. The van der Waals surface area contributed by atoms with Gasteiger partial charge in [0.15, 0.2) is 0 Å². The minimum Gasteiger partial charge on any atom is -0.356 e. The summed E-state index contributed by atoms with van der Waals surface area (Å²) >= 11 is 0. The van der Waals surface area contributed by atoms with Crippen molar-refractivity contribution in [1.29, 1.82) is 5.26 Å². The average molecular weight is 301 g/mol. The van der Waals surface area contributed by atoms with E-state index in [1.165, 1.54) is 0 Å². The fourth-order valence-corrected chi connectivity index (χ4v) is 2.09. The highest BCUT2D eigenvalue weighted by atomic mass is 16.2. The van der Waals surface area contributed by atoms with Gasteiger partial charge in [-0.05, 0) is 30.9 Å². The molecule has 5 nitrogen and oxygen atoms in total. The predicted molar refractivity (Wildman–Crippen MR) is 84.8 cm³/mol. The summed E-state index contributed by atoms with van der Waals surface area (Å²) in [5.74, 6) is -0.247. The van der Waals surface area contributed by atoms with Crippen LogP contribution in [-0.2, 0) is 9.59 Å². The zero-order valence-corrected chi connectivity index (χ0v) is 13.2. The molecule has 1 atom stereocenters. The van der Waals surface area contributed by atoms with Crippen molar-refractivity contribution in [2.45, 2.75) is 45.6 Å².